The Morgan fingerprint density at radius 3 is 2.75 bits per heavy atom. The maximum absolute atomic E-state index is 12.3. The van der Waals surface area contributed by atoms with Crippen molar-refractivity contribution in [1.82, 2.24) is 9.97 Å². The van der Waals surface area contributed by atoms with Gasteiger partial charge in [0.05, 0.1) is 5.39 Å². The second kappa shape index (κ2) is 5.82. The fourth-order valence-corrected chi connectivity index (χ4v) is 2.46. The van der Waals surface area contributed by atoms with Gasteiger partial charge in [0, 0.05) is 11.4 Å². The molecule has 20 heavy (non-hydrogen) atoms. The van der Waals surface area contributed by atoms with E-state index >= 15 is 0 Å². The molecular weight excluding hydrogens is 291 g/mol. The molecule has 0 fully saturated rings. The van der Waals surface area contributed by atoms with E-state index in [-0.39, 0.29) is 5.88 Å². The Labute approximate surface area is 118 Å². The highest BCUT2D eigenvalue weighted by molar-refractivity contribution is 7.18. The summed E-state index contributed by atoms with van der Waals surface area (Å²) in [6.07, 6.45) is -3.52. The van der Waals surface area contributed by atoms with E-state index in [1.165, 1.54) is 11.3 Å². The third kappa shape index (κ3) is 3.72. The van der Waals surface area contributed by atoms with Gasteiger partial charge in [0.15, 0.2) is 6.61 Å². The average molecular weight is 305 g/mol. The summed E-state index contributed by atoms with van der Waals surface area (Å²) in [5, 5.41) is 3.47. The fraction of sp³-hybridized carbons (Fsp3) is 0.500. The summed E-state index contributed by atoms with van der Waals surface area (Å²) in [4.78, 5) is 9.85. The molecule has 0 radical (unpaired) electrons. The molecule has 8 heteroatoms. The Morgan fingerprint density at radius 1 is 1.35 bits per heavy atom. The molecule has 2 aromatic heterocycles. The molecule has 2 rings (SSSR count). The van der Waals surface area contributed by atoms with E-state index in [1.54, 1.807) is 6.07 Å². The van der Waals surface area contributed by atoms with Crippen molar-refractivity contribution in [2.75, 3.05) is 18.5 Å². The first-order valence-electron chi connectivity index (χ1n) is 6.10. The van der Waals surface area contributed by atoms with Crippen LogP contribution in [0.2, 0.25) is 0 Å². The number of aromatic nitrogens is 2. The lowest BCUT2D eigenvalue weighted by atomic mass is 10.3. The minimum atomic E-state index is -4.39. The molecule has 0 unspecified atom stereocenters. The number of fused-ring (bicyclic) bond motifs is 1. The van der Waals surface area contributed by atoms with Crippen LogP contribution in [-0.4, -0.2) is 29.3 Å². The van der Waals surface area contributed by atoms with Crippen molar-refractivity contribution in [3.63, 3.8) is 0 Å². The molecule has 0 aromatic carbocycles. The van der Waals surface area contributed by atoms with Gasteiger partial charge in [-0.3, -0.25) is 0 Å². The van der Waals surface area contributed by atoms with Crippen LogP contribution in [0.15, 0.2) is 6.07 Å². The molecule has 0 aliphatic heterocycles. The van der Waals surface area contributed by atoms with Crippen LogP contribution >= 0.6 is 11.3 Å². The minimum Gasteiger partial charge on any atom is -0.467 e. The van der Waals surface area contributed by atoms with Crippen LogP contribution in [-0.2, 0) is 0 Å². The minimum absolute atomic E-state index is 0.0321. The van der Waals surface area contributed by atoms with E-state index < -0.39 is 12.8 Å². The molecule has 2 aromatic rings. The summed E-state index contributed by atoms with van der Waals surface area (Å²) in [6, 6.07) is 1.73. The standard InChI is InChI=1S/C12H14F3N3OS/c1-3-4-16-11-17-9(19-6-12(13,14)15)8-5-7(2)20-10(8)18-11/h5H,3-4,6H2,1-2H3,(H,16,17,18). The maximum Gasteiger partial charge on any atom is 0.422 e. The topological polar surface area (TPSA) is 47.0 Å². The molecule has 1 N–H and O–H groups in total. The van der Waals surface area contributed by atoms with Crippen LogP contribution in [0.3, 0.4) is 0 Å². The lowest BCUT2D eigenvalue weighted by Crippen LogP contribution is -2.20. The molecule has 4 nitrogen and oxygen atoms in total. The van der Waals surface area contributed by atoms with Crippen LogP contribution in [0.4, 0.5) is 19.1 Å². The molecule has 0 aliphatic carbocycles. The number of nitrogens with zero attached hydrogens (tertiary/aromatic N) is 2. The molecule has 0 amide bonds. The summed E-state index contributed by atoms with van der Waals surface area (Å²) in [6.45, 7) is 3.12. The third-order valence-corrected chi connectivity index (χ3v) is 3.33. The van der Waals surface area contributed by atoms with Gasteiger partial charge < -0.3 is 10.1 Å². The molecule has 0 bridgehead atoms. The van der Waals surface area contributed by atoms with Gasteiger partial charge in [0.1, 0.15) is 4.83 Å². The smallest absolute Gasteiger partial charge is 0.422 e. The predicted octanol–water partition coefficient (Wildman–Crippen LogP) is 3.76. The Morgan fingerprint density at radius 2 is 2.10 bits per heavy atom. The Balaban J connectivity index is 2.33. The number of alkyl halides is 3. The van der Waals surface area contributed by atoms with Crippen molar-refractivity contribution in [2.24, 2.45) is 0 Å². The molecule has 0 spiro atoms. The zero-order valence-corrected chi connectivity index (χ0v) is 11.9. The van der Waals surface area contributed by atoms with Gasteiger partial charge in [0.2, 0.25) is 11.8 Å². The number of thiophene rings is 1. The summed E-state index contributed by atoms with van der Waals surface area (Å²) in [5.41, 5.74) is 0. The summed E-state index contributed by atoms with van der Waals surface area (Å²) in [7, 11) is 0. The van der Waals surface area contributed by atoms with Crippen LogP contribution in [0.25, 0.3) is 10.2 Å². The highest BCUT2D eigenvalue weighted by Gasteiger charge is 2.29. The van der Waals surface area contributed by atoms with Crippen molar-refractivity contribution in [1.29, 1.82) is 0 Å². The van der Waals surface area contributed by atoms with E-state index in [4.69, 9.17) is 4.74 Å². The molecule has 0 aliphatic rings. The van der Waals surface area contributed by atoms with Crippen molar-refractivity contribution >= 4 is 27.5 Å². The lowest BCUT2D eigenvalue weighted by Gasteiger charge is -2.10. The average Bonchev–Trinajstić information content (AvgIpc) is 2.72. The highest BCUT2D eigenvalue weighted by Crippen LogP contribution is 2.31. The first kappa shape index (κ1) is 14.8. The van der Waals surface area contributed by atoms with Gasteiger partial charge in [-0.05, 0) is 19.4 Å². The molecule has 2 heterocycles. The zero-order valence-electron chi connectivity index (χ0n) is 11.0. The summed E-state index contributed by atoms with van der Waals surface area (Å²) >= 11 is 1.39. The second-order valence-corrected chi connectivity index (χ2v) is 5.49. The van der Waals surface area contributed by atoms with Crippen molar-refractivity contribution in [3.8, 4) is 5.88 Å². The number of ether oxygens (including phenoxy) is 1. The van der Waals surface area contributed by atoms with Gasteiger partial charge in [-0.2, -0.15) is 18.2 Å². The maximum atomic E-state index is 12.3. The highest BCUT2D eigenvalue weighted by atomic mass is 32.1. The van der Waals surface area contributed by atoms with Gasteiger partial charge in [-0.15, -0.1) is 11.3 Å². The van der Waals surface area contributed by atoms with Gasteiger partial charge in [-0.25, -0.2) is 4.98 Å². The molecule has 110 valence electrons. The zero-order chi connectivity index (χ0) is 14.8. The van der Waals surface area contributed by atoms with Gasteiger partial charge in [-0.1, -0.05) is 6.92 Å². The van der Waals surface area contributed by atoms with Crippen LogP contribution in [0, 0.1) is 6.92 Å². The van der Waals surface area contributed by atoms with E-state index in [0.717, 1.165) is 11.3 Å². The number of anilines is 1. The SMILES string of the molecule is CCCNc1nc(OCC(F)(F)F)c2cc(C)sc2n1. The molecular formula is C12H14F3N3OS. The second-order valence-electron chi connectivity index (χ2n) is 4.26. The van der Waals surface area contributed by atoms with Crippen LogP contribution in [0.5, 0.6) is 5.88 Å². The number of hydrogen-bond acceptors (Lipinski definition) is 5. The number of hydrogen-bond donors (Lipinski definition) is 1. The Hall–Kier alpha value is -1.57. The van der Waals surface area contributed by atoms with Crippen molar-refractivity contribution in [3.05, 3.63) is 10.9 Å². The van der Waals surface area contributed by atoms with E-state index in [0.29, 0.717) is 22.7 Å². The first-order valence-corrected chi connectivity index (χ1v) is 6.92. The normalized spacial score (nSPS) is 11.8. The molecule has 0 saturated carbocycles. The van der Waals surface area contributed by atoms with Gasteiger partial charge in [0.25, 0.3) is 0 Å². The van der Waals surface area contributed by atoms with Crippen LogP contribution in [0.1, 0.15) is 18.2 Å². The Bertz CT molecular complexity index is 597. The van der Waals surface area contributed by atoms with E-state index in [1.807, 2.05) is 13.8 Å². The van der Waals surface area contributed by atoms with E-state index in [9.17, 15) is 13.2 Å². The molecule has 0 atom stereocenters. The third-order valence-electron chi connectivity index (χ3n) is 2.39. The number of nitrogens with one attached hydrogen (secondary N) is 1. The Kier molecular flexibility index (Phi) is 4.32. The monoisotopic (exact) mass is 305 g/mol. The van der Waals surface area contributed by atoms with Crippen molar-refractivity contribution in [2.45, 2.75) is 26.4 Å². The van der Waals surface area contributed by atoms with Crippen LogP contribution < -0.4 is 10.1 Å². The summed E-state index contributed by atoms with van der Waals surface area (Å²) in [5.74, 6) is 0.258. The van der Waals surface area contributed by atoms with E-state index in [2.05, 4.69) is 15.3 Å². The summed E-state index contributed by atoms with van der Waals surface area (Å²) < 4.78 is 41.6. The predicted molar refractivity (Wildman–Crippen MR) is 72.5 cm³/mol. The number of halogens is 3. The molecule has 0 saturated heterocycles. The lowest BCUT2D eigenvalue weighted by molar-refractivity contribution is -0.153. The largest absolute Gasteiger partial charge is 0.467 e. The number of rotatable bonds is 5. The quantitative estimate of drug-likeness (QED) is 0.913. The van der Waals surface area contributed by atoms with Gasteiger partial charge >= 0.3 is 6.18 Å². The first-order chi connectivity index (χ1) is 9.39. The number of aryl methyl sites for hydroxylation is 1. The fourth-order valence-electron chi connectivity index (χ4n) is 1.59. The van der Waals surface area contributed by atoms with Crippen molar-refractivity contribution < 1.29 is 17.9 Å².